The van der Waals surface area contributed by atoms with E-state index in [0.29, 0.717) is 23.5 Å². The minimum atomic E-state index is -2.72. The van der Waals surface area contributed by atoms with Crippen LogP contribution in [0.15, 0.2) is 0 Å². The minimum Gasteiger partial charge on any atom is -0.314 e. The van der Waals surface area contributed by atoms with Gasteiger partial charge < -0.3 is 5.32 Å². The first-order chi connectivity index (χ1) is 9.55. The van der Waals surface area contributed by atoms with Crippen LogP contribution < -0.4 is 5.32 Å². The van der Waals surface area contributed by atoms with E-state index >= 15 is 0 Å². The summed E-state index contributed by atoms with van der Waals surface area (Å²) in [5, 5.41) is 3.63. The second-order valence-electron chi connectivity index (χ2n) is 7.43. The maximum absolute atomic E-state index is 11.6. The third-order valence-corrected chi connectivity index (χ3v) is 7.75. The average molecular weight is 299 g/mol. The second kappa shape index (κ2) is 5.96. The van der Waals surface area contributed by atoms with E-state index in [4.69, 9.17) is 0 Å². The second-order valence-corrected chi connectivity index (χ2v) is 9.66. The SMILES string of the molecule is CCNC(CC1CCS(=O)(=O)C1)CC1CC2CCC1C2. The Labute approximate surface area is 123 Å². The van der Waals surface area contributed by atoms with E-state index < -0.39 is 9.84 Å². The van der Waals surface area contributed by atoms with Gasteiger partial charge in [-0.1, -0.05) is 13.3 Å². The summed E-state index contributed by atoms with van der Waals surface area (Å²) in [4.78, 5) is 0. The molecule has 0 radical (unpaired) electrons. The Hall–Kier alpha value is -0.0900. The van der Waals surface area contributed by atoms with Gasteiger partial charge in [0.25, 0.3) is 0 Å². The van der Waals surface area contributed by atoms with Crippen molar-refractivity contribution in [3.05, 3.63) is 0 Å². The number of sulfone groups is 1. The molecule has 2 bridgehead atoms. The molecule has 5 unspecified atom stereocenters. The van der Waals surface area contributed by atoms with E-state index in [-0.39, 0.29) is 0 Å². The van der Waals surface area contributed by atoms with Crippen LogP contribution in [0.5, 0.6) is 0 Å². The van der Waals surface area contributed by atoms with Gasteiger partial charge in [0.15, 0.2) is 9.84 Å². The zero-order valence-electron chi connectivity index (χ0n) is 12.7. The van der Waals surface area contributed by atoms with Gasteiger partial charge in [-0.3, -0.25) is 0 Å². The summed E-state index contributed by atoms with van der Waals surface area (Å²) >= 11 is 0. The molecule has 0 spiro atoms. The molecule has 0 aromatic rings. The summed E-state index contributed by atoms with van der Waals surface area (Å²) in [5.41, 5.74) is 0. The fourth-order valence-corrected chi connectivity index (χ4v) is 6.92. The lowest BCUT2D eigenvalue weighted by molar-refractivity contribution is 0.260. The van der Waals surface area contributed by atoms with Crippen LogP contribution in [-0.4, -0.2) is 32.5 Å². The minimum absolute atomic E-state index is 0.405. The van der Waals surface area contributed by atoms with Crippen molar-refractivity contribution in [2.75, 3.05) is 18.1 Å². The molecule has 2 saturated carbocycles. The maximum atomic E-state index is 11.6. The summed E-state index contributed by atoms with van der Waals surface area (Å²) in [6.07, 6.45) is 9.07. The highest BCUT2D eigenvalue weighted by atomic mass is 32.2. The van der Waals surface area contributed by atoms with Crippen LogP contribution in [0.4, 0.5) is 0 Å². The molecule has 3 aliphatic rings. The van der Waals surface area contributed by atoms with Gasteiger partial charge in [0.1, 0.15) is 0 Å². The van der Waals surface area contributed by atoms with Gasteiger partial charge >= 0.3 is 0 Å². The highest BCUT2D eigenvalue weighted by Crippen LogP contribution is 2.50. The van der Waals surface area contributed by atoms with Crippen molar-refractivity contribution in [3.8, 4) is 0 Å². The molecule has 2 aliphatic carbocycles. The lowest BCUT2D eigenvalue weighted by Crippen LogP contribution is -2.34. The fraction of sp³-hybridized carbons (Fsp3) is 1.00. The van der Waals surface area contributed by atoms with Crippen LogP contribution in [0.25, 0.3) is 0 Å². The molecule has 3 fully saturated rings. The standard InChI is InChI=1S/C16H29NO2S/c1-2-17-16(9-13-5-6-20(18,19)11-13)10-15-8-12-3-4-14(15)7-12/h12-17H,2-11H2,1H3. The number of nitrogens with one attached hydrogen (secondary N) is 1. The van der Waals surface area contributed by atoms with Gasteiger partial charge in [-0.25, -0.2) is 8.42 Å². The van der Waals surface area contributed by atoms with Crippen molar-refractivity contribution in [1.29, 1.82) is 0 Å². The molecule has 5 atom stereocenters. The van der Waals surface area contributed by atoms with Crippen LogP contribution in [0, 0.1) is 23.7 Å². The first-order valence-electron chi connectivity index (χ1n) is 8.49. The summed E-state index contributed by atoms with van der Waals surface area (Å²) in [6.45, 7) is 3.17. The van der Waals surface area contributed by atoms with E-state index in [1.165, 1.54) is 32.1 Å². The molecule has 1 saturated heterocycles. The molecule has 116 valence electrons. The molecule has 0 amide bonds. The zero-order valence-corrected chi connectivity index (χ0v) is 13.5. The van der Waals surface area contributed by atoms with E-state index in [9.17, 15) is 8.42 Å². The first-order valence-corrected chi connectivity index (χ1v) is 10.3. The number of hydrogen-bond donors (Lipinski definition) is 1. The molecule has 1 heterocycles. The van der Waals surface area contributed by atoms with Crippen molar-refractivity contribution in [2.45, 2.75) is 57.9 Å². The fourth-order valence-electron chi connectivity index (χ4n) is 5.04. The van der Waals surface area contributed by atoms with E-state index in [2.05, 4.69) is 12.2 Å². The largest absolute Gasteiger partial charge is 0.314 e. The molecule has 3 nitrogen and oxygen atoms in total. The Bertz CT molecular complexity index is 434. The van der Waals surface area contributed by atoms with Crippen LogP contribution >= 0.6 is 0 Å². The van der Waals surface area contributed by atoms with E-state index in [1.54, 1.807) is 0 Å². The molecule has 20 heavy (non-hydrogen) atoms. The molecule has 0 aromatic heterocycles. The van der Waals surface area contributed by atoms with Crippen molar-refractivity contribution >= 4 is 9.84 Å². The first kappa shape index (κ1) is 14.8. The Morgan fingerprint density at radius 3 is 2.55 bits per heavy atom. The highest BCUT2D eigenvalue weighted by Gasteiger charge is 2.40. The number of fused-ring (bicyclic) bond motifs is 2. The quantitative estimate of drug-likeness (QED) is 0.820. The highest BCUT2D eigenvalue weighted by molar-refractivity contribution is 7.91. The Balaban J connectivity index is 1.53. The van der Waals surface area contributed by atoms with Gasteiger partial charge in [0, 0.05) is 6.04 Å². The van der Waals surface area contributed by atoms with Crippen LogP contribution in [-0.2, 0) is 9.84 Å². The predicted molar refractivity (Wildman–Crippen MR) is 82.4 cm³/mol. The Morgan fingerprint density at radius 1 is 1.15 bits per heavy atom. The van der Waals surface area contributed by atoms with Gasteiger partial charge in [-0.2, -0.15) is 0 Å². The smallest absolute Gasteiger partial charge is 0.150 e. The van der Waals surface area contributed by atoms with Gasteiger partial charge in [-0.05, 0) is 68.7 Å². The van der Waals surface area contributed by atoms with Crippen LogP contribution in [0.1, 0.15) is 51.9 Å². The molecule has 0 aromatic carbocycles. The maximum Gasteiger partial charge on any atom is 0.150 e. The number of hydrogen-bond acceptors (Lipinski definition) is 3. The molecule has 1 aliphatic heterocycles. The zero-order chi connectivity index (χ0) is 14.2. The normalized spacial score (nSPS) is 40.2. The van der Waals surface area contributed by atoms with Gasteiger partial charge in [0.05, 0.1) is 11.5 Å². The summed E-state index contributed by atoms with van der Waals surface area (Å²) in [5.74, 6) is 4.17. The summed E-state index contributed by atoms with van der Waals surface area (Å²) in [7, 11) is -2.72. The van der Waals surface area contributed by atoms with Gasteiger partial charge in [0.2, 0.25) is 0 Å². The third-order valence-electron chi connectivity index (χ3n) is 5.91. The van der Waals surface area contributed by atoms with Crippen molar-refractivity contribution in [3.63, 3.8) is 0 Å². The van der Waals surface area contributed by atoms with Gasteiger partial charge in [-0.15, -0.1) is 0 Å². The molecule has 1 N–H and O–H groups in total. The van der Waals surface area contributed by atoms with Crippen LogP contribution in [0.2, 0.25) is 0 Å². The molecule has 4 heteroatoms. The molecular weight excluding hydrogens is 270 g/mol. The van der Waals surface area contributed by atoms with Crippen molar-refractivity contribution < 1.29 is 8.42 Å². The topological polar surface area (TPSA) is 46.2 Å². The third kappa shape index (κ3) is 3.38. The average Bonchev–Trinajstić information content (AvgIpc) is 3.05. The lowest BCUT2D eigenvalue weighted by Gasteiger charge is -2.28. The molecular formula is C16H29NO2S. The Kier molecular flexibility index (Phi) is 4.42. The Morgan fingerprint density at radius 2 is 2.00 bits per heavy atom. The van der Waals surface area contributed by atoms with E-state index in [1.807, 2.05) is 0 Å². The molecule has 3 rings (SSSR count). The summed E-state index contributed by atoms with van der Waals surface area (Å²) < 4.78 is 23.2. The van der Waals surface area contributed by atoms with E-state index in [0.717, 1.165) is 37.1 Å². The van der Waals surface area contributed by atoms with Crippen molar-refractivity contribution in [1.82, 2.24) is 5.32 Å². The lowest BCUT2D eigenvalue weighted by atomic mass is 9.82. The van der Waals surface area contributed by atoms with Crippen LogP contribution in [0.3, 0.4) is 0 Å². The van der Waals surface area contributed by atoms with Crippen molar-refractivity contribution in [2.24, 2.45) is 23.7 Å². The summed E-state index contributed by atoms with van der Waals surface area (Å²) in [6, 6.07) is 0.544. The number of rotatable bonds is 6. The predicted octanol–water partition coefficient (Wildman–Crippen LogP) is 2.62. The monoisotopic (exact) mass is 299 g/mol.